The van der Waals surface area contributed by atoms with Gasteiger partial charge in [0.15, 0.2) is 0 Å². The van der Waals surface area contributed by atoms with Crippen LogP contribution < -0.4 is 9.47 Å². The van der Waals surface area contributed by atoms with E-state index >= 15 is 0 Å². The number of benzene rings is 2. The third kappa shape index (κ3) is 5.69. The summed E-state index contributed by atoms with van der Waals surface area (Å²) >= 11 is 0. The van der Waals surface area contributed by atoms with Gasteiger partial charge in [0.1, 0.15) is 11.5 Å². The van der Waals surface area contributed by atoms with E-state index in [2.05, 4.69) is 46.3 Å². The van der Waals surface area contributed by atoms with Gasteiger partial charge >= 0.3 is 11.9 Å². The van der Waals surface area contributed by atoms with Crippen molar-refractivity contribution < 1.29 is 19.1 Å². The standard InChI is InChI=1S/C32H36N4O4/c1-35-13-9-21(10-14-35)27-19-33-29-5-3-23(17-25(27)29)39-31(37)7-8-32(38)40-24-4-6-30-26(18-24)28(20-34-30)22-11-15-36(2)16-12-22/h3-8,17-22,33-34H,9-16H2,1-2H3/b8-7-. The van der Waals surface area contributed by atoms with Gasteiger partial charge in [-0.1, -0.05) is 0 Å². The first-order valence-corrected chi connectivity index (χ1v) is 14.1. The summed E-state index contributed by atoms with van der Waals surface area (Å²) < 4.78 is 11.1. The second-order valence-corrected chi connectivity index (χ2v) is 11.2. The number of carbonyl (C=O) groups is 2. The SMILES string of the molecule is CN1CCC(c2c[nH]c3ccc(OC(=O)/C=C\C(=O)Oc4ccc5[nH]cc(C6CCN(C)CC6)c5c4)cc23)CC1. The summed E-state index contributed by atoms with van der Waals surface area (Å²) in [5.41, 5.74) is 4.56. The Hall–Kier alpha value is -3.88. The Bertz CT molecular complexity index is 1440. The summed E-state index contributed by atoms with van der Waals surface area (Å²) in [6, 6.07) is 11.2. The number of nitrogens with one attached hydrogen (secondary N) is 2. The molecule has 2 aromatic carbocycles. The molecule has 0 atom stereocenters. The molecule has 0 radical (unpaired) electrons. The highest BCUT2D eigenvalue weighted by atomic mass is 16.5. The zero-order valence-corrected chi connectivity index (χ0v) is 23.1. The van der Waals surface area contributed by atoms with Crippen molar-refractivity contribution in [1.29, 1.82) is 0 Å². The normalized spacial score (nSPS) is 18.1. The molecular formula is C32H36N4O4. The maximum Gasteiger partial charge on any atom is 0.336 e. The van der Waals surface area contributed by atoms with Crippen LogP contribution in [0.5, 0.6) is 11.5 Å². The number of rotatable bonds is 6. The molecule has 208 valence electrons. The molecule has 4 aromatic rings. The van der Waals surface area contributed by atoms with Crippen molar-refractivity contribution in [1.82, 2.24) is 19.8 Å². The number of likely N-dealkylation sites (tertiary alicyclic amines) is 2. The van der Waals surface area contributed by atoms with Crippen molar-refractivity contribution in [3.63, 3.8) is 0 Å². The first-order valence-electron chi connectivity index (χ1n) is 14.1. The Balaban J connectivity index is 1.09. The molecule has 2 saturated heterocycles. The molecule has 2 aliphatic rings. The molecule has 2 aromatic heterocycles. The largest absolute Gasteiger partial charge is 0.423 e. The monoisotopic (exact) mass is 540 g/mol. The molecule has 0 unspecified atom stereocenters. The van der Waals surface area contributed by atoms with E-state index in [1.165, 1.54) is 11.1 Å². The lowest BCUT2D eigenvalue weighted by Gasteiger charge is -2.28. The van der Waals surface area contributed by atoms with Crippen LogP contribution in [0.1, 0.15) is 48.6 Å². The number of hydrogen-bond donors (Lipinski definition) is 2. The molecule has 0 amide bonds. The Labute approximate surface area is 233 Å². The fourth-order valence-electron chi connectivity index (χ4n) is 6.12. The second kappa shape index (κ2) is 11.3. The van der Waals surface area contributed by atoms with Gasteiger partial charge in [0.2, 0.25) is 0 Å². The number of fused-ring (bicyclic) bond motifs is 2. The van der Waals surface area contributed by atoms with Crippen molar-refractivity contribution in [3.8, 4) is 11.5 Å². The van der Waals surface area contributed by atoms with Gasteiger partial charge in [-0.2, -0.15) is 0 Å². The van der Waals surface area contributed by atoms with Crippen LogP contribution in [0.4, 0.5) is 0 Å². The number of hydrogen-bond acceptors (Lipinski definition) is 6. The van der Waals surface area contributed by atoms with E-state index in [1.54, 1.807) is 12.1 Å². The number of ether oxygens (including phenoxy) is 2. The van der Waals surface area contributed by atoms with Crippen molar-refractivity contribution in [2.24, 2.45) is 0 Å². The smallest absolute Gasteiger partial charge is 0.336 e. The Morgan fingerprint density at radius 3 is 1.50 bits per heavy atom. The topological polar surface area (TPSA) is 90.7 Å². The van der Waals surface area contributed by atoms with Gasteiger partial charge in [0, 0.05) is 46.4 Å². The van der Waals surface area contributed by atoms with E-state index in [0.29, 0.717) is 23.3 Å². The van der Waals surface area contributed by atoms with Crippen LogP contribution in [0.2, 0.25) is 0 Å². The number of nitrogens with zero attached hydrogens (tertiary/aromatic N) is 2. The van der Waals surface area contributed by atoms with E-state index < -0.39 is 11.9 Å². The summed E-state index contributed by atoms with van der Waals surface area (Å²) in [4.78, 5) is 36.4. The maximum absolute atomic E-state index is 12.5. The molecule has 2 aliphatic heterocycles. The van der Waals surface area contributed by atoms with Crippen molar-refractivity contribution in [3.05, 3.63) is 72.1 Å². The number of aromatic nitrogens is 2. The van der Waals surface area contributed by atoms with Crippen molar-refractivity contribution in [2.75, 3.05) is 40.3 Å². The third-order valence-corrected chi connectivity index (χ3v) is 8.48. The zero-order valence-electron chi connectivity index (χ0n) is 23.1. The van der Waals surface area contributed by atoms with Gasteiger partial charge in [0.25, 0.3) is 0 Å². The molecule has 6 rings (SSSR count). The minimum absolute atomic E-state index is 0.448. The molecular weight excluding hydrogens is 504 g/mol. The summed E-state index contributed by atoms with van der Waals surface area (Å²) in [7, 11) is 4.31. The minimum atomic E-state index is -0.627. The quantitative estimate of drug-likeness (QED) is 0.195. The second-order valence-electron chi connectivity index (χ2n) is 11.2. The molecule has 0 saturated carbocycles. The fraction of sp³-hybridized carbons (Fsp3) is 0.375. The van der Waals surface area contributed by atoms with E-state index in [-0.39, 0.29) is 0 Å². The zero-order chi connectivity index (χ0) is 27.6. The number of aromatic amines is 2. The van der Waals surface area contributed by atoms with E-state index in [0.717, 1.165) is 85.8 Å². The maximum atomic E-state index is 12.5. The highest BCUT2D eigenvalue weighted by molar-refractivity contribution is 5.94. The van der Waals surface area contributed by atoms with Gasteiger partial charge in [-0.15, -0.1) is 0 Å². The number of H-pyrrole nitrogens is 2. The van der Waals surface area contributed by atoms with E-state index in [1.807, 2.05) is 24.3 Å². The van der Waals surface area contributed by atoms with Crippen molar-refractivity contribution >= 4 is 33.7 Å². The number of carbonyl (C=O) groups excluding carboxylic acids is 2. The van der Waals surface area contributed by atoms with Crippen molar-refractivity contribution in [2.45, 2.75) is 37.5 Å². The Morgan fingerprint density at radius 1 is 0.700 bits per heavy atom. The summed E-state index contributed by atoms with van der Waals surface area (Å²) in [5.74, 6) is 0.608. The molecule has 0 bridgehead atoms. The molecule has 0 spiro atoms. The Kier molecular flexibility index (Phi) is 7.45. The summed E-state index contributed by atoms with van der Waals surface area (Å²) in [5, 5.41) is 2.14. The molecule has 2 fully saturated rings. The molecule has 40 heavy (non-hydrogen) atoms. The van der Waals surface area contributed by atoms with Gasteiger partial charge in [-0.05, 0) is 125 Å². The van der Waals surface area contributed by atoms with E-state index in [9.17, 15) is 9.59 Å². The highest BCUT2D eigenvalue weighted by Crippen LogP contribution is 2.35. The van der Waals surface area contributed by atoms with Crippen LogP contribution in [0, 0.1) is 0 Å². The Morgan fingerprint density at radius 2 is 1.10 bits per heavy atom. The highest BCUT2D eigenvalue weighted by Gasteiger charge is 2.22. The predicted octanol–water partition coefficient (Wildman–Crippen LogP) is 5.33. The average molecular weight is 541 g/mol. The fourth-order valence-corrected chi connectivity index (χ4v) is 6.12. The third-order valence-electron chi connectivity index (χ3n) is 8.48. The van der Waals surface area contributed by atoms with Crippen LogP contribution in [-0.4, -0.2) is 72.0 Å². The predicted molar refractivity (Wildman–Crippen MR) is 156 cm³/mol. The van der Waals surface area contributed by atoms with Gasteiger partial charge in [-0.25, -0.2) is 9.59 Å². The van der Waals surface area contributed by atoms with Crippen LogP contribution in [0.3, 0.4) is 0 Å². The molecule has 8 heteroatoms. The average Bonchev–Trinajstić information content (AvgIpc) is 3.57. The first-order chi connectivity index (χ1) is 19.4. The van der Waals surface area contributed by atoms with Crippen LogP contribution in [0.25, 0.3) is 21.8 Å². The molecule has 0 aliphatic carbocycles. The van der Waals surface area contributed by atoms with Gasteiger partial charge < -0.3 is 29.2 Å². The van der Waals surface area contributed by atoms with Crippen LogP contribution >= 0.6 is 0 Å². The summed E-state index contributed by atoms with van der Waals surface area (Å²) in [6.45, 7) is 4.30. The molecule has 8 nitrogen and oxygen atoms in total. The number of esters is 2. The minimum Gasteiger partial charge on any atom is -0.423 e. The van der Waals surface area contributed by atoms with Gasteiger partial charge in [0.05, 0.1) is 0 Å². The lowest BCUT2D eigenvalue weighted by Crippen LogP contribution is -2.29. The molecule has 2 N–H and O–H groups in total. The van der Waals surface area contributed by atoms with Crippen LogP contribution in [0.15, 0.2) is 60.9 Å². The molecule has 4 heterocycles. The van der Waals surface area contributed by atoms with Gasteiger partial charge in [-0.3, -0.25) is 0 Å². The van der Waals surface area contributed by atoms with E-state index in [4.69, 9.17) is 9.47 Å². The van der Waals surface area contributed by atoms with Crippen LogP contribution in [-0.2, 0) is 9.59 Å². The lowest BCUT2D eigenvalue weighted by molar-refractivity contribution is -0.131. The first kappa shape index (κ1) is 26.3. The number of piperidine rings is 2. The lowest BCUT2D eigenvalue weighted by atomic mass is 9.89. The summed E-state index contributed by atoms with van der Waals surface area (Å²) in [6.07, 6.45) is 10.8.